The minimum Gasteiger partial charge on any atom is -0.473 e. The fourth-order valence-electron chi connectivity index (χ4n) is 3.81. The molecular weight excluding hydrogens is 444 g/mol. The molecule has 8 heteroatoms. The zero-order valence-electron chi connectivity index (χ0n) is 19.0. The molecule has 35 heavy (non-hydrogen) atoms. The molecule has 5 rings (SSSR count). The van der Waals surface area contributed by atoms with E-state index in [1.807, 2.05) is 66.7 Å². The highest BCUT2D eigenvalue weighted by Gasteiger charge is 2.19. The number of non-ortho nitro benzene ring substituents is 1. The fraction of sp³-hybridized carbons (Fsp3) is 0.111. The van der Waals surface area contributed by atoms with Crippen LogP contribution in [0.4, 0.5) is 5.69 Å². The van der Waals surface area contributed by atoms with E-state index < -0.39 is 4.92 Å². The third-order valence-corrected chi connectivity index (χ3v) is 5.58. The second-order valence-electron chi connectivity index (χ2n) is 7.98. The number of nitro benzene ring substituents is 1. The van der Waals surface area contributed by atoms with Crippen LogP contribution in [-0.4, -0.2) is 19.7 Å². The van der Waals surface area contributed by atoms with E-state index in [-0.39, 0.29) is 5.69 Å². The van der Waals surface area contributed by atoms with E-state index in [1.165, 1.54) is 12.1 Å². The van der Waals surface area contributed by atoms with E-state index in [2.05, 4.69) is 10.1 Å². The molecule has 0 spiro atoms. The monoisotopic (exact) mass is 466 g/mol. The van der Waals surface area contributed by atoms with Crippen LogP contribution in [0, 0.1) is 10.1 Å². The van der Waals surface area contributed by atoms with Crippen molar-refractivity contribution in [2.75, 3.05) is 0 Å². The second kappa shape index (κ2) is 9.64. The number of benzene rings is 3. The lowest BCUT2D eigenvalue weighted by atomic mass is 10.1. The second-order valence-corrected chi connectivity index (χ2v) is 7.98. The Morgan fingerprint density at radius 3 is 2.17 bits per heavy atom. The van der Waals surface area contributed by atoms with E-state index >= 15 is 0 Å². The summed E-state index contributed by atoms with van der Waals surface area (Å²) in [5, 5.41) is 16.6. The van der Waals surface area contributed by atoms with Crippen molar-refractivity contribution in [3.8, 4) is 23.0 Å². The van der Waals surface area contributed by atoms with Crippen molar-refractivity contribution in [3.63, 3.8) is 0 Å². The number of nitrogens with zero attached hydrogens (tertiary/aromatic N) is 4. The summed E-state index contributed by atoms with van der Waals surface area (Å²) >= 11 is 0. The van der Waals surface area contributed by atoms with Crippen molar-refractivity contribution in [2.45, 2.75) is 13.2 Å². The number of nitro groups is 1. The van der Waals surface area contributed by atoms with E-state index in [4.69, 9.17) is 9.47 Å². The first kappa shape index (κ1) is 22.1. The van der Waals surface area contributed by atoms with Gasteiger partial charge in [0.05, 0.1) is 16.0 Å². The Morgan fingerprint density at radius 1 is 0.857 bits per heavy atom. The molecule has 2 aromatic heterocycles. The number of rotatable bonds is 8. The van der Waals surface area contributed by atoms with Gasteiger partial charge in [0.1, 0.15) is 18.9 Å². The lowest BCUT2D eigenvalue weighted by molar-refractivity contribution is -0.384. The van der Waals surface area contributed by atoms with Crippen molar-refractivity contribution in [2.24, 2.45) is 7.05 Å². The van der Waals surface area contributed by atoms with E-state index in [1.54, 1.807) is 23.9 Å². The Bertz CT molecular complexity index is 1480. The van der Waals surface area contributed by atoms with Crippen LogP contribution in [0.1, 0.15) is 11.1 Å². The van der Waals surface area contributed by atoms with Crippen LogP contribution in [-0.2, 0) is 20.3 Å². The van der Waals surface area contributed by atoms with Crippen LogP contribution in [0.3, 0.4) is 0 Å². The number of hydrogen-bond acceptors (Lipinski definition) is 6. The molecule has 0 aliphatic carbocycles. The van der Waals surface area contributed by atoms with Gasteiger partial charge in [-0.3, -0.25) is 14.8 Å². The highest BCUT2D eigenvalue weighted by Crippen LogP contribution is 2.36. The average Bonchev–Trinajstić information content (AvgIpc) is 3.23. The molecule has 0 bridgehead atoms. The molecule has 0 radical (unpaired) electrons. The minimum atomic E-state index is -0.416. The number of fused-ring (bicyclic) bond motifs is 1. The molecule has 8 nitrogen and oxygen atoms in total. The lowest BCUT2D eigenvalue weighted by Gasteiger charge is -2.12. The lowest BCUT2D eigenvalue weighted by Crippen LogP contribution is -2.02. The molecule has 2 heterocycles. The van der Waals surface area contributed by atoms with Crippen LogP contribution >= 0.6 is 0 Å². The van der Waals surface area contributed by atoms with Gasteiger partial charge >= 0.3 is 0 Å². The van der Waals surface area contributed by atoms with Gasteiger partial charge in [0.25, 0.3) is 5.69 Å². The van der Waals surface area contributed by atoms with Gasteiger partial charge < -0.3 is 9.47 Å². The van der Waals surface area contributed by atoms with Crippen LogP contribution < -0.4 is 9.47 Å². The summed E-state index contributed by atoms with van der Waals surface area (Å²) in [4.78, 5) is 15.5. The van der Waals surface area contributed by atoms with Crippen LogP contribution in [0.25, 0.3) is 22.2 Å². The van der Waals surface area contributed by atoms with Gasteiger partial charge in [0, 0.05) is 30.6 Å². The first-order valence-corrected chi connectivity index (χ1v) is 11.0. The fourth-order valence-corrected chi connectivity index (χ4v) is 3.81. The number of aryl methyl sites for hydroxylation is 1. The molecule has 0 aliphatic heterocycles. The zero-order chi connectivity index (χ0) is 24.2. The number of pyridine rings is 1. The maximum absolute atomic E-state index is 11.2. The maximum Gasteiger partial charge on any atom is 0.271 e. The van der Waals surface area contributed by atoms with E-state index in [0.717, 1.165) is 16.5 Å². The summed E-state index contributed by atoms with van der Waals surface area (Å²) in [6.07, 6.45) is 0. The summed E-state index contributed by atoms with van der Waals surface area (Å²) < 4.78 is 13.7. The quantitative estimate of drug-likeness (QED) is 0.215. The Labute approximate surface area is 201 Å². The predicted octanol–water partition coefficient (Wildman–Crippen LogP) is 5.70. The molecular formula is C27H22N4O4. The summed E-state index contributed by atoms with van der Waals surface area (Å²) in [5.74, 6) is 0.800. The highest BCUT2D eigenvalue weighted by atomic mass is 16.6. The van der Waals surface area contributed by atoms with Gasteiger partial charge in [0.15, 0.2) is 0 Å². The maximum atomic E-state index is 11.2. The summed E-state index contributed by atoms with van der Waals surface area (Å²) in [7, 11) is 1.75. The molecule has 174 valence electrons. The van der Waals surface area contributed by atoms with E-state index in [9.17, 15) is 10.1 Å². The average molecular weight is 466 g/mol. The molecule has 0 unspecified atom stereocenters. The van der Waals surface area contributed by atoms with Gasteiger partial charge in [-0.2, -0.15) is 10.1 Å². The Balaban J connectivity index is 1.52. The van der Waals surface area contributed by atoms with E-state index in [0.29, 0.717) is 41.7 Å². The normalized spacial score (nSPS) is 10.9. The number of aromatic nitrogens is 3. The van der Waals surface area contributed by atoms with Crippen molar-refractivity contribution < 1.29 is 14.4 Å². The molecule has 0 aliphatic rings. The van der Waals surface area contributed by atoms with Crippen molar-refractivity contribution in [1.82, 2.24) is 14.8 Å². The Hall–Kier alpha value is -4.72. The molecule has 3 aromatic carbocycles. The van der Waals surface area contributed by atoms with Gasteiger partial charge in [0.2, 0.25) is 11.8 Å². The predicted molar refractivity (Wildman–Crippen MR) is 132 cm³/mol. The van der Waals surface area contributed by atoms with Crippen molar-refractivity contribution in [3.05, 3.63) is 112 Å². The van der Waals surface area contributed by atoms with Gasteiger partial charge in [-0.05, 0) is 23.3 Å². The van der Waals surface area contributed by atoms with Crippen molar-refractivity contribution in [1.29, 1.82) is 0 Å². The van der Waals surface area contributed by atoms with Crippen molar-refractivity contribution >= 4 is 16.6 Å². The number of hydrogen-bond donors (Lipinski definition) is 0. The Morgan fingerprint density at radius 2 is 1.51 bits per heavy atom. The first-order valence-electron chi connectivity index (χ1n) is 11.0. The molecule has 0 amide bonds. The molecule has 0 saturated carbocycles. The standard InChI is InChI=1S/C27H22N4O4/c1-30-24-16-21(31(32)33)12-13-22(24)26(29-30)23-14-15-25(34-17-19-8-4-2-5-9-19)28-27(23)35-18-20-10-6-3-7-11-20/h2-16H,17-18H2,1H3. The Kier molecular flexibility index (Phi) is 6.09. The molecule has 0 atom stereocenters. The topological polar surface area (TPSA) is 92.3 Å². The van der Waals surface area contributed by atoms with Gasteiger partial charge in [-0.25, -0.2) is 0 Å². The first-order chi connectivity index (χ1) is 17.1. The molecule has 0 saturated heterocycles. The van der Waals surface area contributed by atoms with Gasteiger partial charge in [-0.1, -0.05) is 60.7 Å². The summed E-state index contributed by atoms with van der Waals surface area (Å²) in [6, 6.07) is 28.0. The molecule has 0 N–H and O–H groups in total. The third-order valence-electron chi connectivity index (χ3n) is 5.58. The number of ether oxygens (including phenoxy) is 2. The van der Waals surface area contributed by atoms with Crippen LogP contribution in [0.15, 0.2) is 91.0 Å². The third kappa shape index (κ3) is 4.81. The largest absolute Gasteiger partial charge is 0.473 e. The zero-order valence-corrected chi connectivity index (χ0v) is 19.0. The SMILES string of the molecule is Cn1nc(-c2ccc(OCc3ccccc3)nc2OCc2ccccc2)c2ccc([N+](=O)[O-])cc21. The van der Waals surface area contributed by atoms with Crippen LogP contribution in [0.5, 0.6) is 11.8 Å². The minimum absolute atomic E-state index is 0.00962. The summed E-state index contributed by atoms with van der Waals surface area (Å²) in [6.45, 7) is 0.695. The van der Waals surface area contributed by atoms with Gasteiger partial charge in [-0.15, -0.1) is 0 Å². The highest BCUT2D eigenvalue weighted by molar-refractivity contribution is 5.95. The van der Waals surface area contributed by atoms with Crippen LogP contribution in [0.2, 0.25) is 0 Å². The molecule has 0 fully saturated rings. The smallest absolute Gasteiger partial charge is 0.271 e. The molecule has 5 aromatic rings. The summed E-state index contributed by atoms with van der Waals surface area (Å²) in [5.41, 5.74) is 3.98.